The Labute approximate surface area is 131 Å². The molecule has 7 heteroatoms. The van der Waals surface area contributed by atoms with Crippen molar-refractivity contribution in [1.82, 2.24) is 4.57 Å². The number of esters is 1. The lowest BCUT2D eigenvalue weighted by Gasteiger charge is -2.10. The van der Waals surface area contributed by atoms with Gasteiger partial charge in [0.25, 0.3) is 5.56 Å². The summed E-state index contributed by atoms with van der Waals surface area (Å²) in [4.78, 5) is 34.4. The van der Waals surface area contributed by atoms with Crippen molar-refractivity contribution in [3.8, 4) is 11.4 Å². The van der Waals surface area contributed by atoms with Crippen LogP contribution in [-0.2, 0) is 9.53 Å². The third-order valence-electron chi connectivity index (χ3n) is 3.21. The summed E-state index contributed by atoms with van der Waals surface area (Å²) < 4.78 is 10.9. The van der Waals surface area contributed by atoms with Crippen LogP contribution in [0.1, 0.15) is 15.9 Å². The van der Waals surface area contributed by atoms with Crippen LogP contribution in [0.5, 0.6) is 5.75 Å². The van der Waals surface area contributed by atoms with Gasteiger partial charge in [0.1, 0.15) is 11.3 Å². The van der Waals surface area contributed by atoms with Gasteiger partial charge in [-0.2, -0.15) is 0 Å². The molecule has 7 nitrogen and oxygen atoms in total. The number of carboxylic acids is 1. The molecule has 23 heavy (non-hydrogen) atoms. The summed E-state index contributed by atoms with van der Waals surface area (Å²) in [7, 11) is 1.26. The Balaban J connectivity index is 2.30. The highest BCUT2D eigenvalue weighted by Crippen LogP contribution is 2.15. The summed E-state index contributed by atoms with van der Waals surface area (Å²) in [6.45, 7) is 1.35. The van der Waals surface area contributed by atoms with E-state index in [1.54, 1.807) is 37.3 Å². The van der Waals surface area contributed by atoms with Crippen molar-refractivity contribution in [1.29, 1.82) is 0 Å². The van der Waals surface area contributed by atoms with Gasteiger partial charge >= 0.3 is 11.9 Å². The number of nitrogens with zero attached hydrogens (tertiary/aromatic N) is 1. The van der Waals surface area contributed by atoms with Crippen LogP contribution >= 0.6 is 0 Å². The summed E-state index contributed by atoms with van der Waals surface area (Å²) in [6, 6.07) is 7.90. The zero-order chi connectivity index (χ0) is 17.0. The number of hydrogen-bond donors (Lipinski definition) is 1. The van der Waals surface area contributed by atoms with Gasteiger partial charge in [0.2, 0.25) is 0 Å². The Bertz CT molecular complexity index is 791. The van der Waals surface area contributed by atoms with Crippen molar-refractivity contribution in [3.05, 3.63) is 58.0 Å². The third kappa shape index (κ3) is 3.57. The fraction of sp³-hybridized carbons (Fsp3) is 0.188. The second-order valence-electron chi connectivity index (χ2n) is 4.71. The molecule has 1 heterocycles. The van der Waals surface area contributed by atoms with Crippen LogP contribution in [0.3, 0.4) is 0 Å². The molecule has 0 aliphatic carbocycles. The molecule has 0 spiro atoms. The lowest BCUT2D eigenvalue weighted by molar-refractivity contribution is -0.142. The lowest BCUT2D eigenvalue weighted by Crippen LogP contribution is -2.26. The molecular formula is C16H15NO6. The van der Waals surface area contributed by atoms with Crippen molar-refractivity contribution < 1.29 is 24.2 Å². The molecule has 0 aliphatic heterocycles. The summed E-state index contributed by atoms with van der Waals surface area (Å²) in [5.74, 6) is -1.34. The number of aryl methyl sites for hydroxylation is 1. The zero-order valence-electron chi connectivity index (χ0n) is 12.6. The Morgan fingerprint density at radius 3 is 2.39 bits per heavy atom. The van der Waals surface area contributed by atoms with E-state index in [2.05, 4.69) is 4.74 Å². The fourth-order valence-electron chi connectivity index (χ4n) is 1.99. The maximum absolute atomic E-state index is 12.3. The molecule has 1 N–H and O–H groups in total. The Kier molecular flexibility index (Phi) is 4.80. The van der Waals surface area contributed by atoms with Gasteiger partial charge < -0.3 is 14.6 Å². The van der Waals surface area contributed by atoms with Gasteiger partial charge in [-0.15, -0.1) is 0 Å². The number of hydrogen-bond acceptors (Lipinski definition) is 5. The SMILES string of the molecule is COC(=O)COc1ccc(-n2ccc(C)c(C(=O)O)c2=O)cc1. The molecular weight excluding hydrogens is 302 g/mol. The van der Waals surface area contributed by atoms with Crippen LogP contribution in [0.4, 0.5) is 0 Å². The van der Waals surface area contributed by atoms with Crippen molar-refractivity contribution >= 4 is 11.9 Å². The first kappa shape index (κ1) is 16.3. The average Bonchev–Trinajstić information content (AvgIpc) is 2.53. The standard InChI is InChI=1S/C16H15NO6/c1-10-7-8-17(15(19)14(10)16(20)21)11-3-5-12(6-4-11)23-9-13(18)22-2/h3-8H,9H2,1-2H3,(H,20,21). The summed E-state index contributed by atoms with van der Waals surface area (Å²) in [5.41, 5.74) is 0.0129. The van der Waals surface area contributed by atoms with E-state index in [0.717, 1.165) is 0 Å². The van der Waals surface area contributed by atoms with Gasteiger partial charge in [0.05, 0.1) is 7.11 Å². The van der Waals surface area contributed by atoms with Crippen molar-refractivity contribution in [2.75, 3.05) is 13.7 Å². The minimum Gasteiger partial charge on any atom is -0.482 e. The Morgan fingerprint density at radius 2 is 1.83 bits per heavy atom. The zero-order valence-corrected chi connectivity index (χ0v) is 12.6. The molecule has 2 rings (SSSR count). The first-order chi connectivity index (χ1) is 10.9. The van der Waals surface area contributed by atoms with E-state index >= 15 is 0 Å². The maximum atomic E-state index is 12.3. The molecule has 0 amide bonds. The van der Waals surface area contributed by atoms with E-state index in [1.807, 2.05) is 0 Å². The van der Waals surface area contributed by atoms with Crippen molar-refractivity contribution in [2.45, 2.75) is 6.92 Å². The first-order valence-corrected chi connectivity index (χ1v) is 6.69. The summed E-state index contributed by atoms with van der Waals surface area (Å²) in [6.07, 6.45) is 1.51. The molecule has 0 saturated carbocycles. The quantitative estimate of drug-likeness (QED) is 0.838. The minimum absolute atomic E-state index is 0.219. The molecule has 0 radical (unpaired) electrons. The molecule has 0 atom stereocenters. The average molecular weight is 317 g/mol. The van der Waals surface area contributed by atoms with Crippen LogP contribution in [0.15, 0.2) is 41.3 Å². The topological polar surface area (TPSA) is 94.8 Å². The van der Waals surface area contributed by atoms with Crippen LogP contribution in [-0.4, -0.2) is 35.3 Å². The van der Waals surface area contributed by atoms with Gasteiger partial charge in [0.15, 0.2) is 6.61 Å². The molecule has 0 saturated heterocycles. The van der Waals surface area contributed by atoms with Crippen LogP contribution < -0.4 is 10.3 Å². The normalized spacial score (nSPS) is 10.2. The van der Waals surface area contributed by atoms with E-state index in [0.29, 0.717) is 17.0 Å². The molecule has 120 valence electrons. The predicted octanol–water partition coefficient (Wildman–Crippen LogP) is 1.40. The van der Waals surface area contributed by atoms with E-state index < -0.39 is 17.5 Å². The maximum Gasteiger partial charge on any atom is 0.343 e. The number of ether oxygens (including phenoxy) is 2. The molecule has 1 aromatic heterocycles. The van der Waals surface area contributed by atoms with Gasteiger partial charge in [-0.3, -0.25) is 9.36 Å². The van der Waals surface area contributed by atoms with E-state index in [9.17, 15) is 14.4 Å². The number of methoxy groups -OCH3 is 1. The second kappa shape index (κ2) is 6.78. The van der Waals surface area contributed by atoms with Gasteiger partial charge in [0, 0.05) is 11.9 Å². The van der Waals surface area contributed by atoms with Crippen LogP contribution in [0, 0.1) is 6.92 Å². The number of carbonyl (C=O) groups is 2. The number of pyridine rings is 1. The highest BCUT2D eigenvalue weighted by atomic mass is 16.6. The number of carboxylic acid groups (broad SMARTS) is 1. The van der Waals surface area contributed by atoms with E-state index in [4.69, 9.17) is 9.84 Å². The minimum atomic E-state index is -1.26. The third-order valence-corrected chi connectivity index (χ3v) is 3.21. The molecule has 0 fully saturated rings. The highest BCUT2D eigenvalue weighted by Gasteiger charge is 2.15. The summed E-state index contributed by atoms with van der Waals surface area (Å²) in [5, 5.41) is 9.13. The molecule has 2 aromatic rings. The number of aromatic carboxylic acids is 1. The smallest absolute Gasteiger partial charge is 0.343 e. The first-order valence-electron chi connectivity index (χ1n) is 6.69. The molecule has 0 unspecified atom stereocenters. The summed E-state index contributed by atoms with van der Waals surface area (Å²) >= 11 is 0. The van der Waals surface area contributed by atoms with Crippen molar-refractivity contribution in [2.24, 2.45) is 0 Å². The highest BCUT2D eigenvalue weighted by molar-refractivity contribution is 5.88. The predicted molar refractivity (Wildman–Crippen MR) is 81.2 cm³/mol. The van der Waals surface area contributed by atoms with Gasteiger partial charge in [-0.1, -0.05) is 0 Å². The number of carbonyl (C=O) groups excluding carboxylic acids is 1. The van der Waals surface area contributed by atoms with E-state index in [-0.39, 0.29) is 12.2 Å². The number of benzene rings is 1. The van der Waals surface area contributed by atoms with Gasteiger partial charge in [-0.05, 0) is 42.8 Å². The monoisotopic (exact) mass is 317 g/mol. The largest absolute Gasteiger partial charge is 0.482 e. The Morgan fingerprint density at radius 1 is 1.17 bits per heavy atom. The van der Waals surface area contributed by atoms with Crippen LogP contribution in [0.2, 0.25) is 0 Å². The fourth-order valence-corrected chi connectivity index (χ4v) is 1.99. The van der Waals surface area contributed by atoms with Crippen molar-refractivity contribution in [3.63, 3.8) is 0 Å². The number of rotatable bonds is 5. The van der Waals surface area contributed by atoms with E-state index in [1.165, 1.54) is 17.9 Å². The lowest BCUT2D eigenvalue weighted by atomic mass is 10.1. The van der Waals surface area contributed by atoms with Crippen LogP contribution in [0.25, 0.3) is 5.69 Å². The number of aromatic nitrogens is 1. The molecule has 1 aromatic carbocycles. The molecule has 0 bridgehead atoms. The second-order valence-corrected chi connectivity index (χ2v) is 4.71. The molecule has 0 aliphatic rings. The van der Waals surface area contributed by atoms with Gasteiger partial charge in [-0.25, -0.2) is 9.59 Å². The Hall–Kier alpha value is -3.09.